The van der Waals surface area contributed by atoms with E-state index in [0.717, 1.165) is 11.4 Å². The molecule has 1 aromatic heterocycles. The van der Waals surface area contributed by atoms with Gasteiger partial charge in [0.05, 0.1) is 7.11 Å². The zero-order valence-electron chi connectivity index (χ0n) is 10.1. The second kappa shape index (κ2) is 5.30. The highest BCUT2D eigenvalue weighted by atomic mass is 16.5. The first-order chi connectivity index (χ1) is 8.29. The highest BCUT2D eigenvalue weighted by Crippen LogP contribution is 2.09. The van der Waals surface area contributed by atoms with Gasteiger partial charge in [0.15, 0.2) is 5.75 Å². The maximum atomic E-state index is 5.17. The summed E-state index contributed by atoms with van der Waals surface area (Å²) in [7, 11) is 3.68. The van der Waals surface area contributed by atoms with Crippen molar-refractivity contribution in [2.45, 2.75) is 0 Å². The molecule has 0 N–H and O–H groups in total. The second-order valence-electron chi connectivity index (χ2n) is 3.85. The number of ether oxygens (including phenoxy) is 1. The Balaban J connectivity index is 2.22. The molecule has 2 aromatic rings. The zero-order chi connectivity index (χ0) is 12.1. The van der Waals surface area contributed by atoms with E-state index in [1.807, 2.05) is 48.1 Å². The van der Waals surface area contributed by atoms with E-state index in [1.54, 1.807) is 7.11 Å². The van der Waals surface area contributed by atoms with E-state index in [4.69, 9.17) is 4.74 Å². The molecular weight excluding hydrogens is 210 g/mol. The summed E-state index contributed by atoms with van der Waals surface area (Å²) in [5.74, 6) is 0.865. The SMILES string of the molecule is COc1ccc(/C=C/c2ccccc2)[n+](C)c1. The van der Waals surface area contributed by atoms with E-state index in [-0.39, 0.29) is 0 Å². The molecule has 0 amide bonds. The molecule has 0 aliphatic carbocycles. The van der Waals surface area contributed by atoms with Crippen LogP contribution in [-0.4, -0.2) is 7.11 Å². The lowest BCUT2D eigenvalue weighted by Crippen LogP contribution is -2.31. The number of aryl methyl sites for hydroxylation is 1. The van der Waals surface area contributed by atoms with Crippen LogP contribution in [0.5, 0.6) is 5.75 Å². The molecule has 86 valence electrons. The van der Waals surface area contributed by atoms with Crippen molar-refractivity contribution in [2.75, 3.05) is 7.11 Å². The molecule has 2 nitrogen and oxygen atoms in total. The molecule has 0 unspecified atom stereocenters. The summed E-state index contributed by atoms with van der Waals surface area (Å²) in [5, 5.41) is 0. The van der Waals surface area contributed by atoms with Crippen LogP contribution in [0.1, 0.15) is 11.3 Å². The van der Waals surface area contributed by atoms with Crippen molar-refractivity contribution in [3.8, 4) is 5.75 Å². The minimum Gasteiger partial charge on any atom is -0.491 e. The molecule has 0 aliphatic rings. The first-order valence-electron chi connectivity index (χ1n) is 5.56. The Labute approximate surface area is 102 Å². The van der Waals surface area contributed by atoms with Crippen LogP contribution in [0.2, 0.25) is 0 Å². The average Bonchev–Trinajstić information content (AvgIpc) is 2.38. The van der Waals surface area contributed by atoms with Crippen LogP contribution in [0, 0.1) is 0 Å². The van der Waals surface area contributed by atoms with Crippen molar-refractivity contribution in [1.29, 1.82) is 0 Å². The quantitative estimate of drug-likeness (QED) is 0.733. The van der Waals surface area contributed by atoms with Gasteiger partial charge >= 0.3 is 0 Å². The van der Waals surface area contributed by atoms with E-state index in [1.165, 1.54) is 5.56 Å². The number of rotatable bonds is 3. The summed E-state index contributed by atoms with van der Waals surface area (Å²) in [5.41, 5.74) is 2.33. The molecule has 0 fully saturated rings. The minimum atomic E-state index is 0.865. The summed E-state index contributed by atoms with van der Waals surface area (Å²) >= 11 is 0. The maximum absolute atomic E-state index is 5.17. The van der Waals surface area contributed by atoms with Crippen LogP contribution < -0.4 is 9.30 Å². The lowest BCUT2D eigenvalue weighted by molar-refractivity contribution is -0.673. The van der Waals surface area contributed by atoms with Crippen LogP contribution >= 0.6 is 0 Å². The van der Waals surface area contributed by atoms with Gasteiger partial charge < -0.3 is 4.74 Å². The number of pyridine rings is 1. The van der Waals surface area contributed by atoms with E-state index < -0.39 is 0 Å². The van der Waals surface area contributed by atoms with Crippen LogP contribution in [-0.2, 0) is 7.05 Å². The topological polar surface area (TPSA) is 13.1 Å². The van der Waals surface area contributed by atoms with Crippen molar-refractivity contribution < 1.29 is 9.30 Å². The Morgan fingerprint density at radius 2 is 1.76 bits per heavy atom. The number of benzene rings is 1. The van der Waals surface area contributed by atoms with Gasteiger partial charge in [-0.2, -0.15) is 4.57 Å². The second-order valence-corrected chi connectivity index (χ2v) is 3.85. The Morgan fingerprint density at radius 1 is 1.00 bits per heavy atom. The van der Waals surface area contributed by atoms with Crippen molar-refractivity contribution in [3.05, 3.63) is 59.9 Å². The first-order valence-corrected chi connectivity index (χ1v) is 5.56. The fourth-order valence-electron chi connectivity index (χ4n) is 1.63. The van der Waals surface area contributed by atoms with E-state index in [0.29, 0.717) is 0 Å². The van der Waals surface area contributed by atoms with E-state index in [2.05, 4.69) is 24.3 Å². The molecule has 0 bridgehead atoms. The molecule has 0 spiro atoms. The Bertz CT molecular complexity index is 518. The Kier molecular flexibility index (Phi) is 3.55. The van der Waals surface area contributed by atoms with Crippen molar-refractivity contribution in [1.82, 2.24) is 0 Å². The summed E-state index contributed by atoms with van der Waals surface area (Å²) in [6, 6.07) is 14.3. The number of hydrogen-bond donors (Lipinski definition) is 0. The molecule has 17 heavy (non-hydrogen) atoms. The average molecular weight is 226 g/mol. The molecule has 2 heteroatoms. The third-order valence-corrected chi connectivity index (χ3v) is 2.63. The van der Waals surface area contributed by atoms with Crippen molar-refractivity contribution >= 4 is 12.2 Å². The Morgan fingerprint density at radius 3 is 2.41 bits per heavy atom. The van der Waals surface area contributed by atoms with Gasteiger partial charge in [0, 0.05) is 12.1 Å². The maximum Gasteiger partial charge on any atom is 0.211 e. The molecule has 0 atom stereocenters. The van der Waals surface area contributed by atoms with E-state index in [9.17, 15) is 0 Å². The van der Waals surface area contributed by atoms with Gasteiger partial charge in [-0.15, -0.1) is 0 Å². The number of hydrogen-bond acceptors (Lipinski definition) is 1. The summed E-state index contributed by atoms with van der Waals surface area (Å²) < 4.78 is 7.21. The lowest BCUT2D eigenvalue weighted by Gasteiger charge is -1.98. The summed E-state index contributed by atoms with van der Waals surface area (Å²) in [6.45, 7) is 0. The number of aromatic nitrogens is 1. The monoisotopic (exact) mass is 226 g/mol. The summed E-state index contributed by atoms with van der Waals surface area (Å²) in [4.78, 5) is 0. The van der Waals surface area contributed by atoms with Gasteiger partial charge in [-0.25, -0.2) is 0 Å². The largest absolute Gasteiger partial charge is 0.491 e. The smallest absolute Gasteiger partial charge is 0.211 e. The number of nitrogens with zero attached hydrogens (tertiary/aromatic N) is 1. The molecule has 1 heterocycles. The van der Waals surface area contributed by atoms with Crippen molar-refractivity contribution in [3.63, 3.8) is 0 Å². The van der Waals surface area contributed by atoms with Gasteiger partial charge in [-0.3, -0.25) is 0 Å². The number of methoxy groups -OCH3 is 1. The first kappa shape index (κ1) is 11.4. The Hall–Kier alpha value is -2.09. The van der Waals surface area contributed by atoms with Gasteiger partial charge in [0.2, 0.25) is 11.9 Å². The molecular formula is C15H16NO+. The fraction of sp³-hybridized carbons (Fsp3) is 0.133. The third kappa shape index (κ3) is 2.94. The fourth-order valence-corrected chi connectivity index (χ4v) is 1.63. The molecule has 0 saturated heterocycles. The summed E-state index contributed by atoms with van der Waals surface area (Å²) in [6.07, 6.45) is 6.15. The van der Waals surface area contributed by atoms with Crippen LogP contribution in [0.4, 0.5) is 0 Å². The van der Waals surface area contributed by atoms with Crippen LogP contribution in [0.3, 0.4) is 0 Å². The van der Waals surface area contributed by atoms with Gasteiger partial charge in [-0.1, -0.05) is 30.3 Å². The standard InChI is InChI=1S/C15H16NO/c1-16-12-15(17-2)11-10-14(16)9-8-13-6-4-3-5-7-13/h3-12H,1-2H3/q+1/b9-8+. The van der Waals surface area contributed by atoms with Crippen LogP contribution in [0.15, 0.2) is 48.7 Å². The minimum absolute atomic E-state index is 0.865. The lowest BCUT2D eigenvalue weighted by atomic mass is 10.2. The molecule has 1 aromatic carbocycles. The normalized spacial score (nSPS) is 10.7. The predicted octanol–water partition coefficient (Wildman–Crippen LogP) is 2.69. The van der Waals surface area contributed by atoms with Gasteiger partial charge in [-0.05, 0) is 17.7 Å². The zero-order valence-corrected chi connectivity index (χ0v) is 10.1. The predicted molar refractivity (Wildman–Crippen MR) is 69.5 cm³/mol. The molecule has 0 aliphatic heterocycles. The van der Waals surface area contributed by atoms with Gasteiger partial charge in [0.1, 0.15) is 7.05 Å². The highest BCUT2D eigenvalue weighted by molar-refractivity contribution is 5.66. The third-order valence-electron chi connectivity index (χ3n) is 2.63. The van der Waals surface area contributed by atoms with E-state index >= 15 is 0 Å². The highest BCUT2D eigenvalue weighted by Gasteiger charge is 2.03. The molecule has 2 rings (SSSR count). The van der Waals surface area contributed by atoms with Gasteiger partial charge in [0.25, 0.3) is 0 Å². The molecule has 0 saturated carbocycles. The molecule has 0 radical (unpaired) electrons. The van der Waals surface area contributed by atoms with Crippen LogP contribution in [0.25, 0.3) is 12.2 Å². The van der Waals surface area contributed by atoms with Crippen molar-refractivity contribution in [2.24, 2.45) is 7.05 Å².